The molecule has 2 atom stereocenters. The predicted molar refractivity (Wildman–Crippen MR) is 148 cm³/mol. The summed E-state index contributed by atoms with van der Waals surface area (Å²) in [5.74, 6) is -1.34. The Bertz CT molecular complexity index is 1280. The smallest absolute Gasteiger partial charge is 0.312 e. The molecule has 37 heavy (non-hydrogen) atoms. The number of aromatic hydroxyl groups is 1. The molecule has 0 saturated heterocycles. The number of carboxylic acid groups (broad SMARTS) is 1. The van der Waals surface area contributed by atoms with Gasteiger partial charge in [-0.05, 0) is 41.7 Å². The van der Waals surface area contributed by atoms with Crippen LogP contribution in [0.2, 0.25) is 5.02 Å². The monoisotopic (exact) mass is 531 g/mol. The van der Waals surface area contributed by atoms with Crippen LogP contribution in [0.4, 0.5) is 0 Å². The molecule has 2 unspecified atom stereocenters. The number of hydrogen-bond acceptors (Lipinski definition) is 4. The van der Waals surface area contributed by atoms with Gasteiger partial charge in [0.1, 0.15) is 34.4 Å². The van der Waals surface area contributed by atoms with E-state index in [9.17, 15) is 15.0 Å². The fourth-order valence-corrected chi connectivity index (χ4v) is 4.97. The number of carboxylic acids is 1. The van der Waals surface area contributed by atoms with Crippen LogP contribution in [-0.2, 0) is 16.6 Å². The molecule has 0 amide bonds. The largest absolute Gasteiger partial charge is 0.505 e. The Morgan fingerprint density at radius 1 is 1.03 bits per heavy atom. The van der Waals surface area contributed by atoms with E-state index in [0.29, 0.717) is 32.6 Å². The number of aromatic nitrogens is 3. The van der Waals surface area contributed by atoms with Crippen molar-refractivity contribution in [3.63, 3.8) is 0 Å². The summed E-state index contributed by atoms with van der Waals surface area (Å²) in [4.78, 5) is 14.1. The van der Waals surface area contributed by atoms with Gasteiger partial charge in [0, 0.05) is 17.0 Å². The Morgan fingerprint density at radius 2 is 1.65 bits per heavy atom. The van der Waals surface area contributed by atoms with E-state index in [4.69, 9.17) is 11.6 Å². The van der Waals surface area contributed by atoms with Gasteiger partial charge in [-0.15, -0.1) is 15.0 Å². The zero-order chi connectivity index (χ0) is 27.9. The highest BCUT2D eigenvalue weighted by Gasteiger charge is 2.39. The van der Waals surface area contributed by atoms with Gasteiger partial charge in [0.15, 0.2) is 0 Å². The molecule has 9 heteroatoms. The maximum Gasteiger partial charge on any atom is 0.312 e. The normalized spacial score (nSPS) is 14.6. The van der Waals surface area contributed by atoms with Gasteiger partial charge < -0.3 is 19.2 Å². The average molecular weight is 532 g/mol. The molecule has 2 aromatic carbocycles. The standard InChI is InChI=1S/C28H40ClN5O3/c1-28(2,3)21-15-18(14-20(27(36)37)25(34(7,8)9)12-13-33(4,5)6)16-24(26(21)35)32-30-22-11-10-19(29)17-23(22)31-32/h10-11,15-17,20,25H,12-14H2,1-9H3/p+2. The lowest BCUT2D eigenvalue weighted by atomic mass is 9.82. The van der Waals surface area contributed by atoms with Gasteiger partial charge in [0.05, 0.1) is 48.8 Å². The molecule has 0 aliphatic heterocycles. The number of carbonyl (C=O) groups is 1. The molecule has 202 valence electrons. The van der Waals surface area contributed by atoms with Crippen molar-refractivity contribution in [2.24, 2.45) is 5.92 Å². The fraction of sp³-hybridized carbons (Fsp3) is 0.536. The van der Waals surface area contributed by atoms with Crippen molar-refractivity contribution in [2.45, 2.75) is 45.1 Å². The van der Waals surface area contributed by atoms with E-state index in [1.807, 2.05) is 32.9 Å². The van der Waals surface area contributed by atoms with E-state index in [2.05, 4.69) is 52.5 Å². The zero-order valence-corrected chi connectivity index (χ0v) is 24.3. The van der Waals surface area contributed by atoms with Crippen LogP contribution in [0.5, 0.6) is 5.75 Å². The number of hydrogen-bond donors (Lipinski definition) is 2. The molecular weight excluding hydrogens is 490 g/mol. The van der Waals surface area contributed by atoms with Gasteiger partial charge in [0.25, 0.3) is 0 Å². The van der Waals surface area contributed by atoms with Gasteiger partial charge in [-0.25, -0.2) is 0 Å². The lowest BCUT2D eigenvalue weighted by Crippen LogP contribution is -2.54. The maximum atomic E-state index is 12.7. The topological polar surface area (TPSA) is 88.2 Å². The lowest BCUT2D eigenvalue weighted by molar-refractivity contribution is -0.910. The van der Waals surface area contributed by atoms with Crippen LogP contribution in [-0.4, -0.2) is 95.0 Å². The predicted octanol–water partition coefficient (Wildman–Crippen LogP) is 4.49. The van der Waals surface area contributed by atoms with Crippen LogP contribution in [0.25, 0.3) is 16.7 Å². The van der Waals surface area contributed by atoms with Crippen molar-refractivity contribution in [3.8, 4) is 11.4 Å². The summed E-state index contributed by atoms with van der Waals surface area (Å²) < 4.78 is 1.31. The summed E-state index contributed by atoms with van der Waals surface area (Å²) in [6.07, 6.45) is 1.10. The Labute approximate surface area is 225 Å². The average Bonchev–Trinajstić information content (AvgIpc) is 3.14. The van der Waals surface area contributed by atoms with Crippen molar-refractivity contribution in [1.29, 1.82) is 0 Å². The molecular formula is C28H42ClN5O3+2. The molecule has 0 fully saturated rings. The first-order valence-corrected chi connectivity index (χ1v) is 13.0. The van der Waals surface area contributed by atoms with Gasteiger partial charge in [-0.2, -0.15) is 0 Å². The Morgan fingerprint density at radius 3 is 2.19 bits per heavy atom. The molecule has 3 aromatic rings. The number of phenols is 1. The number of halogens is 1. The first kappa shape index (κ1) is 28.9. The summed E-state index contributed by atoms with van der Waals surface area (Å²) >= 11 is 6.14. The van der Waals surface area contributed by atoms with Crippen LogP contribution in [0, 0.1) is 5.92 Å². The molecule has 0 spiro atoms. The van der Waals surface area contributed by atoms with E-state index < -0.39 is 11.9 Å². The van der Waals surface area contributed by atoms with E-state index in [0.717, 1.165) is 28.6 Å². The van der Waals surface area contributed by atoms with Gasteiger partial charge in [0.2, 0.25) is 0 Å². The van der Waals surface area contributed by atoms with E-state index in [1.165, 1.54) is 4.80 Å². The van der Waals surface area contributed by atoms with Crippen molar-refractivity contribution < 1.29 is 24.0 Å². The second kappa shape index (κ2) is 10.2. The second-order valence-electron chi connectivity index (χ2n) is 13.0. The number of nitrogens with zero attached hydrogens (tertiary/aromatic N) is 5. The van der Waals surface area contributed by atoms with E-state index >= 15 is 0 Å². The number of benzene rings is 2. The minimum atomic E-state index is -0.816. The van der Waals surface area contributed by atoms with E-state index in [-0.39, 0.29) is 17.2 Å². The highest BCUT2D eigenvalue weighted by molar-refractivity contribution is 6.31. The lowest BCUT2D eigenvalue weighted by Gasteiger charge is -2.39. The second-order valence-corrected chi connectivity index (χ2v) is 13.5. The Hall–Kier alpha value is -2.68. The van der Waals surface area contributed by atoms with Crippen LogP contribution in [0.3, 0.4) is 0 Å². The maximum absolute atomic E-state index is 12.7. The molecule has 3 rings (SSSR count). The number of fused-ring (bicyclic) bond motifs is 1. The highest BCUT2D eigenvalue weighted by Crippen LogP contribution is 2.37. The van der Waals surface area contributed by atoms with Crippen molar-refractivity contribution in [1.82, 2.24) is 15.0 Å². The Kier molecular flexibility index (Phi) is 7.99. The summed E-state index contributed by atoms with van der Waals surface area (Å²) in [5, 5.41) is 31.3. The van der Waals surface area contributed by atoms with Crippen LogP contribution < -0.4 is 0 Å². The van der Waals surface area contributed by atoms with Crippen molar-refractivity contribution in [3.05, 3.63) is 46.5 Å². The third-order valence-corrected chi connectivity index (χ3v) is 7.08. The minimum Gasteiger partial charge on any atom is -0.505 e. The number of quaternary nitrogens is 2. The number of rotatable bonds is 9. The van der Waals surface area contributed by atoms with Gasteiger partial charge >= 0.3 is 5.97 Å². The van der Waals surface area contributed by atoms with Crippen molar-refractivity contribution in [2.75, 3.05) is 48.8 Å². The van der Waals surface area contributed by atoms with Crippen molar-refractivity contribution >= 4 is 28.6 Å². The Balaban J connectivity index is 2.12. The summed E-state index contributed by atoms with van der Waals surface area (Å²) in [5.41, 5.74) is 2.85. The van der Waals surface area contributed by atoms with Gasteiger partial charge in [-0.3, -0.25) is 4.79 Å². The molecule has 0 radical (unpaired) electrons. The molecule has 0 bridgehead atoms. The number of aliphatic carboxylic acids is 1. The molecule has 0 aliphatic carbocycles. The summed E-state index contributed by atoms with van der Waals surface area (Å²) in [7, 11) is 12.5. The first-order valence-electron chi connectivity index (χ1n) is 12.6. The molecule has 2 N–H and O–H groups in total. The molecule has 0 saturated carbocycles. The minimum absolute atomic E-state index is 0.0858. The molecule has 8 nitrogen and oxygen atoms in total. The van der Waals surface area contributed by atoms with Crippen LogP contribution >= 0.6 is 11.6 Å². The summed E-state index contributed by atoms with van der Waals surface area (Å²) in [6.45, 7) is 6.93. The fourth-order valence-electron chi connectivity index (χ4n) is 4.80. The summed E-state index contributed by atoms with van der Waals surface area (Å²) in [6, 6.07) is 8.91. The zero-order valence-electron chi connectivity index (χ0n) is 23.6. The number of phenolic OH excluding ortho intramolecular Hbond substituents is 1. The SMILES string of the molecule is CC(C)(C)c1cc(CC(C(=O)O)C(CC[N+](C)(C)C)[N+](C)(C)C)cc(-n2nc3ccc(Cl)cc3n2)c1O. The van der Waals surface area contributed by atoms with Gasteiger partial charge in [-0.1, -0.05) is 38.4 Å². The quantitative estimate of drug-likeness (QED) is 0.397. The van der Waals surface area contributed by atoms with Crippen LogP contribution in [0.1, 0.15) is 38.3 Å². The molecule has 1 aromatic heterocycles. The molecule has 1 heterocycles. The first-order chi connectivity index (χ1) is 16.9. The molecule has 0 aliphatic rings. The third-order valence-electron chi connectivity index (χ3n) is 6.84. The van der Waals surface area contributed by atoms with Crippen LogP contribution in [0.15, 0.2) is 30.3 Å². The third kappa shape index (κ3) is 7.00. The highest BCUT2D eigenvalue weighted by atomic mass is 35.5. The van der Waals surface area contributed by atoms with E-state index in [1.54, 1.807) is 18.2 Å².